The summed E-state index contributed by atoms with van der Waals surface area (Å²) in [6.07, 6.45) is 0. The van der Waals surface area contributed by atoms with Crippen molar-refractivity contribution in [2.45, 2.75) is 26.8 Å². The predicted octanol–water partition coefficient (Wildman–Crippen LogP) is 1.12. The van der Waals surface area contributed by atoms with E-state index in [2.05, 4.69) is 33.0 Å². The fourth-order valence-corrected chi connectivity index (χ4v) is 2.68. The van der Waals surface area contributed by atoms with Gasteiger partial charge >= 0.3 is 0 Å². The molecule has 1 fully saturated rings. The topological polar surface area (TPSA) is 65.3 Å². The molecular weight excluding hydrogens is 266 g/mol. The SMILES string of the molecule is COCCN1CCN(c2nnc(C)c(C)c2C#N)C[C@H]1C. The van der Waals surface area contributed by atoms with Gasteiger partial charge in [0.1, 0.15) is 11.6 Å². The molecule has 0 saturated carbocycles. The van der Waals surface area contributed by atoms with E-state index in [9.17, 15) is 5.26 Å². The van der Waals surface area contributed by atoms with Crippen molar-refractivity contribution in [2.75, 3.05) is 44.8 Å². The van der Waals surface area contributed by atoms with Crippen molar-refractivity contribution < 1.29 is 4.74 Å². The lowest BCUT2D eigenvalue weighted by atomic mass is 10.1. The van der Waals surface area contributed by atoms with Crippen LogP contribution in [0.1, 0.15) is 23.7 Å². The summed E-state index contributed by atoms with van der Waals surface area (Å²) in [4.78, 5) is 4.58. The Bertz CT molecular complexity index is 540. The maximum absolute atomic E-state index is 9.42. The van der Waals surface area contributed by atoms with Crippen molar-refractivity contribution in [2.24, 2.45) is 0 Å². The molecule has 0 aromatic carbocycles. The van der Waals surface area contributed by atoms with Gasteiger partial charge in [0.15, 0.2) is 5.82 Å². The summed E-state index contributed by atoms with van der Waals surface area (Å²) in [6, 6.07) is 2.69. The van der Waals surface area contributed by atoms with Crippen molar-refractivity contribution in [1.29, 1.82) is 5.26 Å². The van der Waals surface area contributed by atoms with Crippen LogP contribution < -0.4 is 4.90 Å². The first-order chi connectivity index (χ1) is 10.1. The van der Waals surface area contributed by atoms with Gasteiger partial charge in [-0.2, -0.15) is 10.4 Å². The van der Waals surface area contributed by atoms with Gasteiger partial charge in [-0.25, -0.2) is 0 Å². The Hall–Kier alpha value is -1.71. The molecule has 0 unspecified atom stereocenters. The van der Waals surface area contributed by atoms with Crippen LogP contribution in [0.3, 0.4) is 0 Å². The van der Waals surface area contributed by atoms with Gasteiger partial charge < -0.3 is 9.64 Å². The Labute approximate surface area is 126 Å². The third kappa shape index (κ3) is 3.31. The zero-order valence-electron chi connectivity index (χ0n) is 13.3. The number of nitriles is 1. The van der Waals surface area contributed by atoms with E-state index < -0.39 is 0 Å². The fourth-order valence-electron chi connectivity index (χ4n) is 2.68. The molecule has 114 valence electrons. The number of aromatic nitrogens is 2. The number of rotatable bonds is 4. The average Bonchev–Trinajstić information content (AvgIpc) is 2.48. The molecule has 1 atom stereocenters. The summed E-state index contributed by atoms with van der Waals surface area (Å²) in [7, 11) is 1.73. The summed E-state index contributed by atoms with van der Waals surface area (Å²) in [5.74, 6) is 0.721. The van der Waals surface area contributed by atoms with Crippen molar-refractivity contribution in [3.05, 3.63) is 16.8 Å². The van der Waals surface area contributed by atoms with Gasteiger partial charge in [0, 0.05) is 39.3 Å². The van der Waals surface area contributed by atoms with E-state index in [1.807, 2.05) is 13.8 Å². The molecule has 1 aliphatic rings. The van der Waals surface area contributed by atoms with E-state index in [1.54, 1.807) is 7.11 Å². The number of aryl methyl sites for hydroxylation is 1. The Morgan fingerprint density at radius 1 is 1.33 bits per heavy atom. The van der Waals surface area contributed by atoms with Crippen LogP contribution in [-0.4, -0.2) is 61.0 Å². The van der Waals surface area contributed by atoms with E-state index in [-0.39, 0.29) is 0 Å². The van der Waals surface area contributed by atoms with Crippen LogP contribution in [0.5, 0.6) is 0 Å². The van der Waals surface area contributed by atoms with Crippen molar-refractivity contribution >= 4 is 5.82 Å². The lowest BCUT2D eigenvalue weighted by molar-refractivity contribution is 0.117. The minimum Gasteiger partial charge on any atom is -0.383 e. The molecule has 0 radical (unpaired) electrons. The summed E-state index contributed by atoms with van der Waals surface area (Å²) < 4.78 is 5.15. The number of hydrogen-bond donors (Lipinski definition) is 0. The van der Waals surface area contributed by atoms with Crippen molar-refractivity contribution in [3.8, 4) is 6.07 Å². The first-order valence-electron chi connectivity index (χ1n) is 7.30. The zero-order valence-corrected chi connectivity index (χ0v) is 13.3. The largest absolute Gasteiger partial charge is 0.383 e. The monoisotopic (exact) mass is 289 g/mol. The van der Waals surface area contributed by atoms with Gasteiger partial charge in [-0.3, -0.25) is 4.90 Å². The highest BCUT2D eigenvalue weighted by Crippen LogP contribution is 2.23. The summed E-state index contributed by atoms with van der Waals surface area (Å²) in [5.41, 5.74) is 2.40. The van der Waals surface area contributed by atoms with Crippen molar-refractivity contribution in [1.82, 2.24) is 15.1 Å². The molecule has 0 bridgehead atoms. The first kappa shape index (κ1) is 15.7. The summed E-state index contributed by atoms with van der Waals surface area (Å²) >= 11 is 0. The molecule has 1 saturated heterocycles. The average molecular weight is 289 g/mol. The molecule has 6 heteroatoms. The molecule has 21 heavy (non-hydrogen) atoms. The third-order valence-electron chi connectivity index (χ3n) is 4.20. The quantitative estimate of drug-likeness (QED) is 0.827. The third-order valence-corrected chi connectivity index (χ3v) is 4.20. The van der Waals surface area contributed by atoms with Crippen LogP contribution in [0, 0.1) is 25.2 Å². The highest BCUT2D eigenvalue weighted by atomic mass is 16.5. The van der Waals surface area contributed by atoms with Crippen LogP contribution in [0.25, 0.3) is 0 Å². The van der Waals surface area contributed by atoms with E-state index in [0.717, 1.165) is 49.9 Å². The minimum absolute atomic E-state index is 0.406. The number of nitrogens with zero attached hydrogens (tertiary/aromatic N) is 5. The number of piperazine rings is 1. The minimum atomic E-state index is 0.406. The van der Waals surface area contributed by atoms with Gasteiger partial charge in [-0.1, -0.05) is 0 Å². The Balaban J connectivity index is 2.15. The Morgan fingerprint density at radius 2 is 2.10 bits per heavy atom. The van der Waals surface area contributed by atoms with Gasteiger partial charge in [-0.15, -0.1) is 5.10 Å². The molecule has 2 heterocycles. The van der Waals surface area contributed by atoms with Gasteiger partial charge in [0.25, 0.3) is 0 Å². The number of ether oxygens (including phenoxy) is 1. The van der Waals surface area contributed by atoms with Crippen LogP contribution in [0.2, 0.25) is 0 Å². The summed E-state index contributed by atoms with van der Waals surface area (Å²) in [5, 5.41) is 17.9. The van der Waals surface area contributed by atoms with Gasteiger partial charge in [0.05, 0.1) is 12.3 Å². The standard InChI is InChI=1S/C15H23N5O/c1-11-10-20(6-5-19(11)7-8-21-4)15-14(9-16)12(2)13(3)17-18-15/h11H,5-8,10H2,1-4H3/t11-/m1/s1. The smallest absolute Gasteiger partial charge is 0.169 e. The predicted molar refractivity (Wildman–Crippen MR) is 81.3 cm³/mol. The molecule has 1 aromatic heterocycles. The second-order valence-electron chi connectivity index (χ2n) is 5.54. The number of hydrogen-bond acceptors (Lipinski definition) is 6. The Morgan fingerprint density at radius 3 is 2.71 bits per heavy atom. The molecule has 1 aromatic rings. The van der Waals surface area contributed by atoms with E-state index in [1.165, 1.54) is 0 Å². The highest BCUT2D eigenvalue weighted by Gasteiger charge is 2.26. The maximum Gasteiger partial charge on any atom is 0.169 e. The molecule has 0 aliphatic carbocycles. The number of anilines is 1. The lowest BCUT2D eigenvalue weighted by Gasteiger charge is -2.40. The molecule has 0 spiro atoms. The van der Waals surface area contributed by atoms with Crippen LogP contribution in [0.4, 0.5) is 5.82 Å². The van der Waals surface area contributed by atoms with Gasteiger partial charge in [-0.05, 0) is 26.3 Å². The van der Waals surface area contributed by atoms with E-state index in [4.69, 9.17) is 4.74 Å². The lowest BCUT2D eigenvalue weighted by Crippen LogP contribution is -2.53. The van der Waals surface area contributed by atoms with E-state index >= 15 is 0 Å². The second-order valence-corrected chi connectivity index (χ2v) is 5.54. The number of methoxy groups -OCH3 is 1. The molecular formula is C15H23N5O. The van der Waals surface area contributed by atoms with Gasteiger partial charge in [0.2, 0.25) is 0 Å². The van der Waals surface area contributed by atoms with Crippen molar-refractivity contribution in [3.63, 3.8) is 0 Å². The maximum atomic E-state index is 9.42. The fraction of sp³-hybridized carbons (Fsp3) is 0.667. The molecule has 6 nitrogen and oxygen atoms in total. The van der Waals surface area contributed by atoms with Crippen LogP contribution >= 0.6 is 0 Å². The Kier molecular flexibility index (Phi) is 5.10. The second kappa shape index (κ2) is 6.83. The van der Waals surface area contributed by atoms with E-state index in [0.29, 0.717) is 11.6 Å². The van der Waals surface area contributed by atoms with Crippen LogP contribution in [0.15, 0.2) is 0 Å². The molecule has 0 N–H and O–H groups in total. The molecule has 1 aliphatic heterocycles. The molecule has 0 amide bonds. The summed E-state index contributed by atoms with van der Waals surface area (Å²) in [6.45, 7) is 10.4. The molecule has 2 rings (SSSR count). The first-order valence-corrected chi connectivity index (χ1v) is 7.30. The highest BCUT2D eigenvalue weighted by molar-refractivity contribution is 5.57. The zero-order chi connectivity index (χ0) is 15.4. The normalized spacial score (nSPS) is 19.6. The van der Waals surface area contributed by atoms with Crippen LogP contribution in [-0.2, 0) is 4.74 Å².